The molecule has 9 heteroatoms. The first-order valence-corrected chi connectivity index (χ1v) is 12.3. The molecule has 3 heterocycles. The van der Waals surface area contributed by atoms with E-state index in [9.17, 15) is 18.0 Å². The number of piperidine rings is 1. The molecule has 1 aliphatic carbocycles. The van der Waals surface area contributed by atoms with Gasteiger partial charge in [0.05, 0.1) is 17.3 Å². The minimum absolute atomic E-state index is 0.0860. The van der Waals surface area contributed by atoms with E-state index in [4.69, 9.17) is 11.6 Å². The van der Waals surface area contributed by atoms with E-state index in [1.54, 1.807) is 6.92 Å². The lowest BCUT2D eigenvalue weighted by molar-refractivity contribution is -0.127. The van der Waals surface area contributed by atoms with Crippen LogP contribution < -0.4 is 5.32 Å². The van der Waals surface area contributed by atoms with E-state index in [-0.39, 0.29) is 22.2 Å². The molecule has 34 heavy (non-hydrogen) atoms. The van der Waals surface area contributed by atoms with Gasteiger partial charge in [0, 0.05) is 29.5 Å². The lowest BCUT2D eigenvalue weighted by Crippen LogP contribution is -2.30. The summed E-state index contributed by atoms with van der Waals surface area (Å²) in [4.78, 5) is 24.1. The summed E-state index contributed by atoms with van der Waals surface area (Å²) >= 11 is 6.16. The van der Waals surface area contributed by atoms with Crippen molar-refractivity contribution in [3.63, 3.8) is 0 Å². The van der Waals surface area contributed by atoms with E-state index in [0.717, 1.165) is 56.2 Å². The summed E-state index contributed by atoms with van der Waals surface area (Å²) in [6.07, 6.45) is 1.84. The average molecular weight is 493 g/mol. The largest absolute Gasteiger partial charge is 0.363 e. The fraction of sp³-hybridized carbons (Fsp3) is 0.560. The first-order chi connectivity index (χ1) is 16.3. The normalized spacial score (nSPS) is 26.2. The number of hydrogen-bond acceptors (Lipinski definition) is 5. The molecule has 0 saturated carbocycles. The monoisotopic (exact) mass is 492 g/mol. The van der Waals surface area contributed by atoms with E-state index in [0.29, 0.717) is 30.9 Å². The van der Waals surface area contributed by atoms with Gasteiger partial charge in [-0.05, 0) is 69.6 Å². The van der Waals surface area contributed by atoms with E-state index < -0.39 is 23.8 Å². The molecule has 2 aromatic rings. The SMILES string of the molecule is C[C@@H](Nc1nc(Cl)nc2c1CC(CCC(=O)C13CCN(CC1)C3)C2)c1cccc(C(F)F)c1F. The van der Waals surface area contributed by atoms with Crippen LogP contribution in [0.2, 0.25) is 5.28 Å². The summed E-state index contributed by atoms with van der Waals surface area (Å²) in [6, 6.07) is 3.41. The van der Waals surface area contributed by atoms with E-state index in [1.165, 1.54) is 12.1 Å². The Labute approximate surface area is 202 Å². The molecule has 182 valence electrons. The number of nitrogens with zero attached hydrogens (tertiary/aromatic N) is 3. The highest BCUT2D eigenvalue weighted by Gasteiger charge is 2.48. The molecule has 2 aliphatic heterocycles. The van der Waals surface area contributed by atoms with Crippen molar-refractivity contribution in [1.29, 1.82) is 0 Å². The highest BCUT2D eigenvalue weighted by atomic mass is 35.5. The summed E-state index contributed by atoms with van der Waals surface area (Å²) in [5.41, 5.74) is 1.13. The van der Waals surface area contributed by atoms with E-state index in [2.05, 4.69) is 20.2 Å². The number of Topliss-reactive ketones (excluding diaryl/α,β-unsaturated/α-hetero) is 1. The number of carbonyl (C=O) groups is 1. The summed E-state index contributed by atoms with van der Waals surface area (Å²) in [7, 11) is 0. The highest BCUT2D eigenvalue weighted by Crippen LogP contribution is 2.43. The third-order valence-corrected chi connectivity index (χ3v) is 8.03. The number of ketones is 1. The molecule has 1 N–H and O–H groups in total. The molecule has 1 unspecified atom stereocenters. The van der Waals surface area contributed by atoms with Crippen LogP contribution in [0.5, 0.6) is 0 Å². The quantitative estimate of drug-likeness (QED) is 0.490. The molecule has 0 radical (unpaired) electrons. The van der Waals surface area contributed by atoms with Gasteiger partial charge < -0.3 is 10.2 Å². The van der Waals surface area contributed by atoms with Crippen LogP contribution in [0.15, 0.2) is 18.2 Å². The molecule has 2 fully saturated rings. The van der Waals surface area contributed by atoms with Gasteiger partial charge in [-0.15, -0.1) is 0 Å². The molecule has 2 saturated heterocycles. The minimum Gasteiger partial charge on any atom is -0.363 e. The minimum atomic E-state index is -2.88. The molecule has 1 aromatic carbocycles. The molecule has 5 nitrogen and oxygen atoms in total. The second-order valence-electron chi connectivity index (χ2n) is 9.98. The Kier molecular flexibility index (Phi) is 6.31. The van der Waals surface area contributed by atoms with Gasteiger partial charge in [0.2, 0.25) is 5.28 Å². The predicted molar refractivity (Wildman–Crippen MR) is 124 cm³/mol. The van der Waals surface area contributed by atoms with Crippen LogP contribution in [0.4, 0.5) is 19.0 Å². The Bertz CT molecular complexity index is 1100. The van der Waals surface area contributed by atoms with Crippen LogP contribution in [0.1, 0.15) is 67.5 Å². The van der Waals surface area contributed by atoms with Gasteiger partial charge >= 0.3 is 0 Å². The maximum Gasteiger partial charge on any atom is 0.266 e. The Morgan fingerprint density at radius 1 is 1.24 bits per heavy atom. The summed E-state index contributed by atoms with van der Waals surface area (Å²) in [5, 5.41) is 3.25. The summed E-state index contributed by atoms with van der Waals surface area (Å²) in [6.45, 7) is 4.67. The van der Waals surface area contributed by atoms with Crippen LogP contribution in [-0.2, 0) is 17.6 Å². The van der Waals surface area contributed by atoms with E-state index in [1.807, 2.05) is 0 Å². The number of halogens is 4. The van der Waals surface area contributed by atoms with Gasteiger partial charge in [0.1, 0.15) is 17.4 Å². The first-order valence-electron chi connectivity index (χ1n) is 11.9. The second kappa shape index (κ2) is 9.11. The Morgan fingerprint density at radius 2 is 1.97 bits per heavy atom. The predicted octanol–water partition coefficient (Wildman–Crippen LogP) is 5.54. The standard InChI is InChI=1S/C25H28ClF3N4O/c1-14(16-3-2-4-17(21(16)27)22(28)29)30-23-18-11-15(12-19(18)31-24(26)32-23)5-6-20(34)25-7-9-33(13-25)10-8-25/h2-4,14-15,22H,5-13H2,1H3,(H,30,31,32)/t14-,15?/m1/s1. The average Bonchev–Trinajstić information content (AvgIpc) is 3.52. The number of benzene rings is 1. The van der Waals surface area contributed by atoms with Crippen LogP contribution in [0.25, 0.3) is 0 Å². The van der Waals surface area contributed by atoms with Crippen molar-refractivity contribution in [3.05, 3.63) is 51.7 Å². The zero-order chi connectivity index (χ0) is 24.0. The number of rotatable bonds is 8. The van der Waals surface area contributed by atoms with E-state index >= 15 is 0 Å². The lowest BCUT2D eigenvalue weighted by Gasteiger charge is -2.24. The third kappa shape index (κ3) is 4.31. The van der Waals surface area contributed by atoms with Gasteiger partial charge in [-0.3, -0.25) is 4.79 Å². The van der Waals surface area contributed by atoms with Crippen LogP contribution in [0.3, 0.4) is 0 Å². The number of hydrogen-bond donors (Lipinski definition) is 1. The number of aromatic nitrogens is 2. The van der Waals surface area contributed by atoms with Crippen molar-refractivity contribution in [1.82, 2.24) is 14.9 Å². The van der Waals surface area contributed by atoms with Gasteiger partial charge in [-0.1, -0.05) is 18.2 Å². The summed E-state index contributed by atoms with van der Waals surface area (Å²) in [5.74, 6) is 0.229. The Morgan fingerprint density at radius 3 is 2.65 bits per heavy atom. The number of nitrogens with one attached hydrogen (secondary N) is 1. The van der Waals surface area contributed by atoms with Crippen molar-refractivity contribution in [3.8, 4) is 0 Å². The van der Waals surface area contributed by atoms with Crippen molar-refractivity contribution < 1.29 is 18.0 Å². The third-order valence-electron chi connectivity index (χ3n) is 7.86. The Hall–Kier alpha value is -2.19. The maximum atomic E-state index is 14.6. The molecule has 1 aromatic heterocycles. The van der Waals surface area contributed by atoms with Crippen molar-refractivity contribution in [2.45, 2.75) is 57.9 Å². The molecule has 2 atom stereocenters. The van der Waals surface area contributed by atoms with Crippen molar-refractivity contribution in [2.24, 2.45) is 11.3 Å². The van der Waals surface area contributed by atoms with Crippen LogP contribution in [-0.4, -0.2) is 40.3 Å². The number of carbonyl (C=O) groups excluding carboxylic acids is 1. The van der Waals surface area contributed by atoms with Crippen molar-refractivity contribution >= 4 is 23.2 Å². The number of fused-ring (bicyclic) bond motifs is 3. The summed E-state index contributed by atoms with van der Waals surface area (Å²) < 4.78 is 40.9. The lowest BCUT2D eigenvalue weighted by atomic mass is 9.78. The highest BCUT2D eigenvalue weighted by molar-refractivity contribution is 6.28. The molecule has 2 bridgehead atoms. The van der Waals surface area contributed by atoms with Crippen LogP contribution in [0, 0.1) is 17.2 Å². The Balaban J connectivity index is 1.28. The zero-order valence-electron chi connectivity index (χ0n) is 19.1. The van der Waals surface area contributed by atoms with Gasteiger partial charge in [-0.25, -0.2) is 23.1 Å². The first kappa shape index (κ1) is 23.5. The zero-order valence-corrected chi connectivity index (χ0v) is 19.8. The molecular formula is C25H28ClF3N4O. The van der Waals surface area contributed by atoms with Gasteiger partial charge in [-0.2, -0.15) is 0 Å². The number of alkyl halides is 2. The maximum absolute atomic E-state index is 14.6. The molecule has 5 rings (SSSR count). The molecular weight excluding hydrogens is 465 g/mol. The van der Waals surface area contributed by atoms with Crippen LogP contribution >= 0.6 is 11.6 Å². The molecule has 0 amide bonds. The molecule has 3 aliphatic rings. The molecule has 0 spiro atoms. The fourth-order valence-corrected chi connectivity index (χ4v) is 6.07. The second-order valence-corrected chi connectivity index (χ2v) is 10.3. The van der Waals surface area contributed by atoms with Crippen molar-refractivity contribution in [2.75, 3.05) is 25.0 Å². The van der Waals surface area contributed by atoms with Gasteiger partial charge in [0.15, 0.2) is 0 Å². The number of anilines is 1. The fourth-order valence-electron chi connectivity index (χ4n) is 5.89. The van der Waals surface area contributed by atoms with Gasteiger partial charge in [0.25, 0.3) is 6.43 Å². The smallest absolute Gasteiger partial charge is 0.266 e. The topological polar surface area (TPSA) is 58.1 Å².